The average molecular weight is 369 g/mol. The van der Waals surface area contributed by atoms with Crippen LogP contribution in [0.5, 0.6) is 0 Å². The SMILES string of the molecule is Cc1cc([C@H]2CCCCCN2C(=O)c2cc(-c3ccc(F)cc3)no2)on1. The Morgan fingerprint density at radius 3 is 2.67 bits per heavy atom. The minimum Gasteiger partial charge on any atom is -0.359 e. The van der Waals surface area contributed by atoms with Crippen molar-refractivity contribution in [2.45, 2.75) is 38.6 Å². The molecule has 1 aliphatic rings. The van der Waals surface area contributed by atoms with Crippen molar-refractivity contribution in [3.63, 3.8) is 0 Å². The van der Waals surface area contributed by atoms with Gasteiger partial charge in [-0.3, -0.25) is 4.79 Å². The van der Waals surface area contributed by atoms with E-state index in [0.717, 1.165) is 31.4 Å². The number of rotatable bonds is 3. The summed E-state index contributed by atoms with van der Waals surface area (Å²) in [6.45, 7) is 2.48. The predicted molar refractivity (Wildman–Crippen MR) is 95.4 cm³/mol. The van der Waals surface area contributed by atoms with Crippen molar-refractivity contribution in [2.24, 2.45) is 0 Å². The smallest absolute Gasteiger partial charge is 0.293 e. The first-order valence-corrected chi connectivity index (χ1v) is 9.08. The zero-order valence-corrected chi connectivity index (χ0v) is 15.0. The maximum atomic E-state index is 13.1. The molecule has 27 heavy (non-hydrogen) atoms. The molecule has 0 N–H and O–H groups in total. The van der Waals surface area contributed by atoms with Crippen molar-refractivity contribution >= 4 is 5.91 Å². The van der Waals surface area contributed by atoms with Crippen LogP contribution in [0.3, 0.4) is 0 Å². The molecule has 140 valence electrons. The molecule has 1 fully saturated rings. The third-order valence-corrected chi connectivity index (χ3v) is 4.85. The summed E-state index contributed by atoms with van der Waals surface area (Å²) in [7, 11) is 0. The normalized spacial score (nSPS) is 17.7. The van der Waals surface area contributed by atoms with E-state index in [-0.39, 0.29) is 23.5 Å². The van der Waals surface area contributed by atoms with Crippen LogP contribution in [-0.2, 0) is 0 Å². The van der Waals surface area contributed by atoms with Gasteiger partial charge >= 0.3 is 0 Å². The summed E-state index contributed by atoms with van der Waals surface area (Å²) in [6, 6.07) is 9.22. The van der Waals surface area contributed by atoms with Crippen LogP contribution in [-0.4, -0.2) is 27.7 Å². The molecule has 1 aliphatic heterocycles. The van der Waals surface area contributed by atoms with Crippen LogP contribution in [0.1, 0.15) is 53.7 Å². The number of aryl methyl sites for hydroxylation is 1. The Kier molecular flexibility index (Phi) is 4.75. The van der Waals surface area contributed by atoms with Gasteiger partial charge in [-0.15, -0.1) is 0 Å². The van der Waals surface area contributed by atoms with Gasteiger partial charge in [0.25, 0.3) is 5.91 Å². The fourth-order valence-electron chi connectivity index (χ4n) is 3.46. The van der Waals surface area contributed by atoms with E-state index in [0.29, 0.717) is 23.6 Å². The molecule has 6 nitrogen and oxygen atoms in total. The molecule has 4 rings (SSSR count). The topological polar surface area (TPSA) is 72.4 Å². The van der Waals surface area contributed by atoms with Crippen molar-refractivity contribution in [2.75, 3.05) is 6.54 Å². The second-order valence-electron chi connectivity index (χ2n) is 6.82. The van der Waals surface area contributed by atoms with Crippen LogP contribution in [0.15, 0.2) is 45.4 Å². The summed E-state index contributed by atoms with van der Waals surface area (Å²) in [4.78, 5) is 14.9. The molecule has 2 aromatic heterocycles. The summed E-state index contributed by atoms with van der Waals surface area (Å²) in [5.41, 5.74) is 1.98. The van der Waals surface area contributed by atoms with Gasteiger partial charge in [0.2, 0.25) is 5.76 Å². The number of amides is 1. The van der Waals surface area contributed by atoms with E-state index in [4.69, 9.17) is 9.05 Å². The van der Waals surface area contributed by atoms with E-state index in [1.807, 2.05) is 13.0 Å². The monoisotopic (exact) mass is 369 g/mol. The van der Waals surface area contributed by atoms with Gasteiger partial charge in [-0.2, -0.15) is 0 Å². The van der Waals surface area contributed by atoms with Crippen LogP contribution in [0.2, 0.25) is 0 Å². The lowest BCUT2D eigenvalue weighted by Crippen LogP contribution is -2.34. The molecule has 3 heterocycles. The fraction of sp³-hybridized carbons (Fsp3) is 0.350. The van der Waals surface area contributed by atoms with Crippen LogP contribution in [0.4, 0.5) is 4.39 Å². The molecule has 0 bridgehead atoms. The second kappa shape index (κ2) is 7.34. The first-order chi connectivity index (χ1) is 13.1. The molecule has 0 radical (unpaired) electrons. The number of carbonyl (C=O) groups excluding carboxylic acids is 1. The summed E-state index contributed by atoms with van der Waals surface area (Å²) in [6.07, 6.45) is 3.82. The lowest BCUT2D eigenvalue weighted by atomic mass is 10.1. The van der Waals surface area contributed by atoms with Crippen LogP contribution in [0.25, 0.3) is 11.3 Å². The highest BCUT2D eigenvalue weighted by molar-refractivity contribution is 5.92. The van der Waals surface area contributed by atoms with E-state index < -0.39 is 0 Å². The Labute approximate surface area is 155 Å². The standard InChI is InChI=1S/C20H20FN3O3/c1-13-11-18(26-22-13)17-5-3-2-4-10-24(17)20(25)19-12-16(23-27-19)14-6-8-15(21)9-7-14/h6-9,11-12,17H,2-5,10H2,1H3/t17-/m1/s1. The molecule has 1 aromatic carbocycles. The molecular formula is C20H20FN3O3. The minimum atomic E-state index is -0.326. The number of hydrogen-bond donors (Lipinski definition) is 0. The maximum absolute atomic E-state index is 13.1. The van der Waals surface area contributed by atoms with Crippen molar-refractivity contribution in [3.8, 4) is 11.3 Å². The first kappa shape index (κ1) is 17.5. The molecule has 7 heteroatoms. The molecule has 0 spiro atoms. The van der Waals surface area contributed by atoms with Crippen molar-refractivity contribution in [1.29, 1.82) is 0 Å². The predicted octanol–water partition coefficient (Wildman–Crippen LogP) is 4.53. The van der Waals surface area contributed by atoms with Gasteiger partial charge in [0.05, 0.1) is 11.7 Å². The quantitative estimate of drug-likeness (QED) is 0.678. The number of nitrogens with zero attached hydrogens (tertiary/aromatic N) is 3. The molecule has 1 atom stereocenters. The molecule has 0 unspecified atom stereocenters. The second-order valence-corrected chi connectivity index (χ2v) is 6.82. The van der Waals surface area contributed by atoms with E-state index in [2.05, 4.69) is 10.3 Å². The largest absolute Gasteiger partial charge is 0.359 e. The van der Waals surface area contributed by atoms with E-state index >= 15 is 0 Å². The van der Waals surface area contributed by atoms with Crippen molar-refractivity contribution in [1.82, 2.24) is 15.2 Å². The number of aromatic nitrogens is 2. The Bertz CT molecular complexity index is 932. The Morgan fingerprint density at radius 2 is 1.93 bits per heavy atom. The third kappa shape index (κ3) is 3.63. The minimum absolute atomic E-state index is 0.164. The summed E-state index contributed by atoms with van der Waals surface area (Å²) >= 11 is 0. The molecule has 0 saturated carbocycles. The van der Waals surface area contributed by atoms with Gasteiger partial charge < -0.3 is 13.9 Å². The third-order valence-electron chi connectivity index (χ3n) is 4.85. The molecule has 3 aromatic rings. The molecule has 0 aliphatic carbocycles. The lowest BCUT2D eigenvalue weighted by Gasteiger charge is -2.27. The molecule has 1 amide bonds. The Hall–Kier alpha value is -2.96. The van der Waals surface area contributed by atoms with Crippen molar-refractivity contribution < 1.29 is 18.2 Å². The fourth-order valence-corrected chi connectivity index (χ4v) is 3.46. The highest BCUT2D eigenvalue weighted by Gasteiger charge is 2.32. The number of carbonyl (C=O) groups is 1. The number of likely N-dealkylation sites (tertiary alicyclic amines) is 1. The van der Waals surface area contributed by atoms with Crippen LogP contribution < -0.4 is 0 Å². The maximum Gasteiger partial charge on any atom is 0.293 e. The van der Waals surface area contributed by atoms with Crippen LogP contribution >= 0.6 is 0 Å². The zero-order valence-electron chi connectivity index (χ0n) is 15.0. The van der Waals surface area contributed by atoms with Gasteiger partial charge in [0, 0.05) is 24.2 Å². The Morgan fingerprint density at radius 1 is 1.11 bits per heavy atom. The van der Waals surface area contributed by atoms with E-state index in [1.54, 1.807) is 23.1 Å². The average Bonchev–Trinajstić information content (AvgIpc) is 3.25. The van der Waals surface area contributed by atoms with E-state index in [1.165, 1.54) is 12.1 Å². The van der Waals surface area contributed by atoms with Gasteiger partial charge in [-0.1, -0.05) is 23.2 Å². The van der Waals surface area contributed by atoms with E-state index in [9.17, 15) is 9.18 Å². The van der Waals surface area contributed by atoms with Gasteiger partial charge in [0.1, 0.15) is 11.5 Å². The molecular weight excluding hydrogens is 349 g/mol. The number of halogens is 1. The highest BCUT2D eigenvalue weighted by Crippen LogP contribution is 2.32. The number of hydrogen-bond acceptors (Lipinski definition) is 5. The van der Waals surface area contributed by atoms with Crippen molar-refractivity contribution in [3.05, 3.63) is 59.4 Å². The van der Waals surface area contributed by atoms with Gasteiger partial charge in [0.15, 0.2) is 5.76 Å². The van der Waals surface area contributed by atoms with Gasteiger partial charge in [-0.05, 0) is 44.0 Å². The Balaban J connectivity index is 1.60. The van der Waals surface area contributed by atoms with Crippen LogP contribution in [0, 0.1) is 12.7 Å². The van der Waals surface area contributed by atoms with Gasteiger partial charge in [-0.25, -0.2) is 4.39 Å². The summed E-state index contributed by atoms with van der Waals surface area (Å²) in [5, 5.41) is 7.94. The highest BCUT2D eigenvalue weighted by atomic mass is 19.1. The summed E-state index contributed by atoms with van der Waals surface area (Å²) in [5.74, 6) is 0.309. The summed E-state index contributed by atoms with van der Waals surface area (Å²) < 4.78 is 23.9. The lowest BCUT2D eigenvalue weighted by molar-refractivity contribution is 0.0609. The molecule has 1 saturated heterocycles. The number of benzene rings is 1. The zero-order chi connectivity index (χ0) is 18.8. The first-order valence-electron chi connectivity index (χ1n) is 9.08.